The van der Waals surface area contributed by atoms with Crippen LogP contribution in [0.4, 0.5) is 5.69 Å². The van der Waals surface area contributed by atoms with Gasteiger partial charge in [-0.05, 0) is 59.6 Å². The number of aryl methyl sites for hydroxylation is 1. The lowest BCUT2D eigenvalue weighted by molar-refractivity contribution is -0.682. The van der Waals surface area contributed by atoms with Crippen molar-refractivity contribution < 1.29 is 10.1 Å². The molecule has 3 N–H and O–H groups in total. The van der Waals surface area contributed by atoms with Crippen LogP contribution in [0.3, 0.4) is 0 Å². The summed E-state index contributed by atoms with van der Waals surface area (Å²) in [6, 6.07) is 13.7. The predicted molar refractivity (Wildman–Crippen MR) is 94.2 cm³/mol. The van der Waals surface area contributed by atoms with Gasteiger partial charge in [-0.15, -0.1) is 0 Å². The molecule has 0 spiro atoms. The third kappa shape index (κ3) is 4.83. The van der Waals surface area contributed by atoms with Crippen molar-refractivity contribution in [2.24, 2.45) is 0 Å². The van der Waals surface area contributed by atoms with E-state index in [2.05, 4.69) is 28.2 Å². The fourth-order valence-corrected chi connectivity index (χ4v) is 2.92. The molecule has 0 aliphatic carbocycles. The Bertz CT molecular complexity index is 675. The van der Waals surface area contributed by atoms with E-state index >= 15 is 0 Å². The number of hydrogen-bond acceptors (Lipinski definition) is 1. The highest BCUT2D eigenvalue weighted by Crippen LogP contribution is 2.23. The van der Waals surface area contributed by atoms with E-state index in [4.69, 9.17) is 11.6 Å². The number of nitrogens with two attached hydrogens (primary N) is 1. The van der Waals surface area contributed by atoms with Crippen molar-refractivity contribution in [3.63, 3.8) is 0 Å². The van der Waals surface area contributed by atoms with Gasteiger partial charge in [-0.2, -0.15) is 0 Å². The molecule has 2 aromatic rings. The number of halogens is 2. The molecule has 2 rings (SSSR count). The van der Waals surface area contributed by atoms with Gasteiger partial charge >= 0.3 is 0 Å². The molecule has 1 amide bonds. The number of amides is 1. The maximum absolute atomic E-state index is 12.1. The van der Waals surface area contributed by atoms with E-state index < -0.39 is 0 Å². The van der Waals surface area contributed by atoms with Crippen LogP contribution in [0.5, 0.6) is 0 Å². The summed E-state index contributed by atoms with van der Waals surface area (Å²) < 4.78 is 0.892. The van der Waals surface area contributed by atoms with E-state index in [0.717, 1.165) is 21.3 Å². The summed E-state index contributed by atoms with van der Waals surface area (Å²) in [5.41, 5.74) is 3.04. The minimum atomic E-state index is -0.0292. The minimum Gasteiger partial charge on any atom is -0.333 e. The maximum atomic E-state index is 12.1. The molecule has 0 fully saturated rings. The van der Waals surface area contributed by atoms with E-state index in [1.54, 1.807) is 0 Å². The molecule has 2 aromatic carbocycles. The molecule has 0 aliphatic heterocycles. The molecule has 0 radical (unpaired) electrons. The molecule has 0 aliphatic rings. The number of anilines is 1. The highest BCUT2D eigenvalue weighted by atomic mass is 79.9. The van der Waals surface area contributed by atoms with Gasteiger partial charge in [0, 0.05) is 15.1 Å². The van der Waals surface area contributed by atoms with Crippen molar-refractivity contribution in [3.8, 4) is 0 Å². The fraction of sp³-hybridized carbons (Fsp3) is 0.235. The molecule has 1 atom stereocenters. The lowest BCUT2D eigenvalue weighted by Gasteiger charge is -2.12. The normalized spacial score (nSPS) is 12.0. The molecule has 5 heteroatoms. The highest BCUT2D eigenvalue weighted by Gasteiger charge is 2.12. The van der Waals surface area contributed by atoms with Crippen LogP contribution >= 0.6 is 27.5 Å². The first-order valence-corrected chi connectivity index (χ1v) is 8.27. The lowest BCUT2D eigenvalue weighted by Crippen LogP contribution is -2.86. The molecule has 0 heterocycles. The van der Waals surface area contributed by atoms with E-state index in [-0.39, 0.29) is 11.9 Å². The smallest absolute Gasteiger partial charge is 0.279 e. The SMILES string of the molecule is Cc1ccc(NC(=O)C[NH2+][C@@H](C)c2cccc(Cl)c2)c(Br)c1. The molecule has 116 valence electrons. The van der Waals surface area contributed by atoms with Gasteiger partial charge in [-0.1, -0.05) is 29.8 Å². The van der Waals surface area contributed by atoms with Crippen molar-refractivity contribution in [1.29, 1.82) is 0 Å². The Morgan fingerprint density at radius 1 is 1.32 bits per heavy atom. The Labute approximate surface area is 144 Å². The average molecular weight is 383 g/mol. The Hall–Kier alpha value is -1.36. The summed E-state index contributed by atoms with van der Waals surface area (Å²) in [6.45, 7) is 4.42. The Balaban J connectivity index is 1.90. The summed E-state index contributed by atoms with van der Waals surface area (Å²) >= 11 is 9.45. The summed E-state index contributed by atoms with van der Waals surface area (Å²) in [6.07, 6.45) is 0. The van der Waals surface area contributed by atoms with Gasteiger partial charge in [0.2, 0.25) is 0 Å². The van der Waals surface area contributed by atoms with Crippen molar-refractivity contribution in [2.45, 2.75) is 19.9 Å². The summed E-state index contributed by atoms with van der Waals surface area (Å²) in [7, 11) is 0. The van der Waals surface area contributed by atoms with E-state index in [0.29, 0.717) is 11.6 Å². The second kappa shape index (κ2) is 7.77. The topological polar surface area (TPSA) is 45.7 Å². The van der Waals surface area contributed by atoms with Gasteiger partial charge in [0.05, 0.1) is 5.69 Å². The highest BCUT2D eigenvalue weighted by molar-refractivity contribution is 9.10. The van der Waals surface area contributed by atoms with Crippen LogP contribution in [0.25, 0.3) is 0 Å². The Morgan fingerprint density at radius 2 is 2.09 bits per heavy atom. The second-order valence-corrected chi connectivity index (χ2v) is 6.61. The van der Waals surface area contributed by atoms with E-state index in [1.807, 2.05) is 54.7 Å². The molecule has 0 unspecified atom stereocenters. The Kier molecular flexibility index (Phi) is 6.00. The average Bonchev–Trinajstić information content (AvgIpc) is 2.47. The monoisotopic (exact) mass is 381 g/mol. The predicted octanol–water partition coefficient (Wildman–Crippen LogP) is 3.67. The lowest BCUT2D eigenvalue weighted by atomic mass is 10.1. The molecular formula is C17H19BrClN2O+. The summed E-state index contributed by atoms with van der Waals surface area (Å²) in [5.74, 6) is -0.0292. The number of nitrogens with one attached hydrogen (secondary N) is 1. The molecule has 3 nitrogen and oxygen atoms in total. The van der Waals surface area contributed by atoms with E-state index in [1.165, 1.54) is 0 Å². The zero-order valence-corrected chi connectivity index (χ0v) is 14.9. The van der Waals surface area contributed by atoms with Gasteiger partial charge in [-0.25, -0.2) is 0 Å². The van der Waals surface area contributed by atoms with Crippen molar-refractivity contribution in [1.82, 2.24) is 0 Å². The first-order chi connectivity index (χ1) is 10.5. The van der Waals surface area contributed by atoms with Crippen LogP contribution in [0.15, 0.2) is 46.9 Å². The number of benzene rings is 2. The number of rotatable bonds is 5. The molecule has 22 heavy (non-hydrogen) atoms. The van der Waals surface area contributed by atoms with Gasteiger partial charge in [0.15, 0.2) is 6.54 Å². The number of hydrogen-bond donors (Lipinski definition) is 2. The molecular weight excluding hydrogens is 364 g/mol. The largest absolute Gasteiger partial charge is 0.333 e. The van der Waals surface area contributed by atoms with Crippen LogP contribution in [-0.2, 0) is 4.79 Å². The van der Waals surface area contributed by atoms with Crippen LogP contribution < -0.4 is 10.6 Å². The van der Waals surface area contributed by atoms with Gasteiger partial charge in [0.25, 0.3) is 5.91 Å². The zero-order valence-electron chi connectivity index (χ0n) is 12.6. The molecule has 0 saturated carbocycles. The van der Waals surface area contributed by atoms with E-state index in [9.17, 15) is 4.79 Å². The quantitative estimate of drug-likeness (QED) is 0.814. The summed E-state index contributed by atoms with van der Waals surface area (Å²) in [5, 5.41) is 5.62. The maximum Gasteiger partial charge on any atom is 0.279 e. The van der Waals surface area contributed by atoms with Crippen LogP contribution in [-0.4, -0.2) is 12.5 Å². The number of quaternary nitrogens is 1. The Morgan fingerprint density at radius 3 is 2.77 bits per heavy atom. The first kappa shape index (κ1) is 17.0. The van der Waals surface area contributed by atoms with Crippen molar-refractivity contribution in [2.75, 3.05) is 11.9 Å². The van der Waals surface area contributed by atoms with Crippen LogP contribution in [0, 0.1) is 6.92 Å². The van der Waals surface area contributed by atoms with Gasteiger partial charge in [-0.3, -0.25) is 4.79 Å². The molecule has 0 aromatic heterocycles. The molecule has 0 bridgehead atoms. The van der Waals surface area contributed by atoms with Gasteiger partial charge < -0.3 is 10.6 Å². The van der Waals surface area contributed by atoms with Crippen LogP contribution in [0.2, 0.25) is 5.02 Å². The second-order valence-electron chi connectivity index (χ2n) is 5.31. The number of carbonyl (C=O) groups is 1. The first-order valence-electron chi connectivity index (χ1n) is 7.10. The van der Waals surface area contributed by atoms with Crippen molar-refractivity contribution >= 4 is 39.1 Å². The van der Waals surface area contributed by atoms with Crippen LogP contribution in [0.1, 0.15) is 24.1 Å². The van der Waals surface area contributed by atoms with Crippen molar-refractivity contribution in [3.05, 3.63) is 63.1 Å². The minimum absolute atomic E-state index is 0.0292. The standard InChI is InChI=1S/C17H18BrClN2O/c1-11-6-7-16(15(18)8-11)21-17(22)10-20-12(2)13-4-3-5-14(19)9-13/h3-9,12,20H,10H2,1-2H3,(H,21,22)/p+1/t12-/m0/s1. The third-order valence-corrected chi connectivity index (χ3v) is 4.32. The third-order valence-electron chi connectivity index (χ3n) is 3.43. The molecule has 0 saturated heterocycles. The number of carbonyl (C=O) groups excluding carboxylic acids is 1. The fourth-order valence-electron chi connectivity index (χ4n) is 2.13. The summed E-state index contributed by atoms with van der Waals surface area (Å²) in [4.78, 5) is 12.1. The zero-order chi connectivity index (χ0) is 16.1. The van der Waals surface area contributed by atoms with Gasteiger partial charge in [0.1, 0.15) is 6.04 Å².